The number of rotatable bonds is 3. The Labute approximate surface area is 167 Å². The zero-order valence-electron chi connectivity index (χ0n) is 15.7. The molecule has 3 nitrogen and oxygen atoms in total. The van der Waals surface area contributed by atoms with Crippen LogP contribution >= 0.6 is 11.3 Å². The Morgan fingerprint density at radius 1 is 0.964 bits per heavy atom. The summed E-state index contributed by atoms with van der Waals surface area (Å²) in [6.45, 7) is 4.30. The highest BCUT2D eigenvalue weighted by atomic mass is 32.1. The van der Waals surface area contributed by atoms with Crippen LogP contribution in [0.2, 0.25) is 0 Å². The van der Waals surface area contributed by atoms with Crippen molar-refractivity contribution in [3.05, 3.63) is 93.7 Å². The van der Waals surface area contributed by atoms with E-state index in [1.54, 1.807) is 24.3 Å². The van der Waals surface area contributed by atoms with E-state index in [9.17, 15) is 8.78 Å². The van der Waals surface area contributed by atoms with Crippen LogP contribution in [0.4, 0.5) is 8.78 Å². The minimum absolute atomic E-state index is 0.341. The molecule has 0 spiro atoms. The maximum absolute atomic E-state index is 14.3. The van der Waals surface area contributed by atoms with Crippen LogP contribution in [0, 0.1) is 11.6 Å². The Morgan fingerprint density at radius 2 is 1.57 bits per heavy atom. The van der Waals surface area contributed by atoms with Crippen LogP contribution in [0.1, 0.15) is 29.9 Å². The summed E-state index contributed by atoms with van der Waals surface area (Å²) < 4.78 is 34.9. The van der Waals surface area contributed by atoms with Gasteiger partial charge in [-0.2, -0.15) is 0 Å². The predicted molar refractivity (Wildman–Crippen MR) is 107 cm³/mol. The minimum atomic E-state index is -1.36. The Kier molecular flexibility index (Phi) is 4.62. The summed E-state index contributed by atoms with van der Waals surface area (Å²) in [5, 5.41) is 5.51. The molecule has 2 heterocycles. The first kappa shape index (κ1) is 19.2. The van der Waals surface area contributed by atoms with E-state index in [1.165, 1.54) is 35.6 Å². The Hall–Kier alpha value is -2.12. The van der Waals surface area contributed by atoms with Gasteiger partial charge < -0.3 is 4.74 Å². The first-order chi connectivity index (χ1) is 13.3. The highest BCUT2D eigenvalue weighted by Gasteiger charge is 2.59. The van der Waals surface area contributed by atoms with Gasteiger partial charge in [-0.15, -0.1) is 11.3 Å². The van der Waals surface area contributed by atoms with Crippen molar-refractivity contribution in [2.24, 2.45) is 5.73 Å². The zero-order valence-corrected chi connectivity index (χ0v) is 16.5. The second-order valence-electron chi connectivity index (χ2n) is 7.78. The van der Waals surface area contributed by atoms with E-state index in [0.29, 0.717) is 17.7 Å². The number of halogens is 2. The van der Waals surface area contributed by atoms with Gasteiger partial charge in [0.05, 0.1) is 11.5 Å². The largest absolute Gasteiger partial charge is 0.351 e. The number of benzene rings is 2. The van der Waals surface area contributed by atoms with Crippen molar-refractivity contribution >= 4 is 11.3 Å². The number of hydrogen-bond donors (Lipinski definition) is 2. The smallest absolute Gasteiger partial charge is 0.178 e. The van der Waals surface area contributed by atoms with Crippen LogP contribution in [0.5, 0.6) is 0 Å². The lowest BCUT2D eigenvalue weighted by atomic mass is 9.71. The van der Waals surface area contributed by atoms with Crippen LogP contribution in [-0.2, 0) is 16.0 Å². The Morgan fingerprint density at radius 3 is 2.07 bits per heavy atom. The third-order valence-electron chi connectivity index (χ3n) is 5.15. The molecule has 0 amide bonds. The lowest BCUT2D eigenvalue weighted by Crippen LogP contribution is -2.74. The van der Waals surface area contributed by atoms with Gasteiger partial charge >= 0.3 is 0 Å². The number of nitrogens with one attached hydrogen (secondary N) is 1. The van der Waals surface area contributed by atoms with E-state index in [2.05, 4.69) is 5.32 Å². The topological polar surface area (TPSA) is 47.3 Å². The van der Waals surface area contributed by atoms with Gasteiger partial charge in [0.1, 0.15) is 17.2 Å². The third-order valence-corrected chi connectivity index (χ3v) is 6.13. The van der Waals surface area contributed by atoms with Gasteiger partial charge in [0, 0.05) is 5.54 Å². The van der Waals surface area contributed by atoms with E-state index in [-0.39, 0.29) is 0 Å². The maximum atomic E-state index is 14.3. The van der Waals surface area contributed by atoms with Gasteiger partial charge in [-0.05, 0) is 60.7 Å². The van der Waals surface area contributed by atoms with Crippen LogP contribution in [0.3, 0.4) is 0 Å². The van der Waals surface area contributed by atoms with E-state index >= 15 is 0 Å². The average Bonchev–Trinajstić information content (AvgIpc) is 3.19. The fraction of sp³-hybridized carbons (Fsp3) is 0.273. The molecule has 1 saturated heterocycles. The second-order valence-corrected chi connectivity index (χ2v) is 8.73. The van der Waals surface area contributed by atoms with E-state index in [1.807, 2.05) is 31.4 Å². The number of morpholine rings is 1. The van der Waals surface area contributed by atoms with E-state index in [0.717, 1.165) is 4.88 Å². The summed E-state index contributed by atoms with van der Waals surface area (Å²) in [6, 6.07) is 16.2. The Bertz CT molecular complexity index is 944. The molecule has 1 atom stereocenters. The van der Waals surface area contributed by atoms with Gasteiger partial charge in [0.2, 0.25) is 0 Å². The van der Waals surface area contributed by atoms with Crippen molar-refractivity contribution in [3.63, 3.8) is 0 Å². The molecular formula is C22H22F2N2OS. The molecule has 1 aliphatic rings. The summed E-state index contributed by atoms with van der Waals surface area (Å²) in [6.07, 6.45) is 0. The zero-order chi connectivity index (χ0) is 20.0. The molecule has 28 heavy (non-hydrogen) atoms. The van der Waals surface area contributed by atoms with Crippen molar-refractivity contribution in [1.29, 1.82) is 0 Å². The number of hydrogen-bond acceptors (Lipinski definition) is 4. The highest BCUT2D eigenvalue weighted by Crippen LogP contribution is 2.50. The lowest BCUT2D eigenvalue weighted by Gasteiger charge is -2.56. The second kappa shape index (κ2) is 6.74. The number of nitrogens with two attached hydrogens (primary N) is 1. The summed E-state index contributed by atoms with van der Waals surface area (Å²) in [7, 11) is 0. The minimum Gasteiger partial charge on any atom is -0.351 e. The molecule has 1 aromatic heterocycles. The van der Waals surface area contributed by atoms with E-state index < -0.39 is 28.4 Å². The van der Waals surface area contributed by atoms with Gasteiger partial charge in [-0.3, -0.25) is 11.1 Å². The summed E-state index contributed by atoms with van der Waals surface area (Å²) in [5.74, 6) is -0.793. The first-order valence-corrected chi connectivity index (χ1v) is 9.93. The van der Waals surface area contributed by atoms with Crippen LogP contribution in [0.15, 0.2) is 66.0 Å². The predicted octanol–water partition coefficient (Wildman–Crippen LogP) is 4.48. The molecule has 3 N–H and O–H groups in total. The summed E-state index contributed by atoms with van der Waals surface area (Å²) >= 11 is 1.45. The first-order valence-electron chi connectivity index (χ1n) is 9.05. The maximum Gasteiger partial charge on any atom is 0.178 e. The van der Waals surface area contributed by atoms with Crippen molar-refractivity contribution in [2.75, 3.05) is 6.61 Å². The van der Waals surface area contributed by atoms with Crippen molar-refractivity contribution in [1.82, 2.24) is 5.32 Å². The Balaban J connectivity index is 2.08. The molecule has 1 unspecified atom stereocenters. The van der Waals surface area contributed by atoms with Crippen LogP contribution < -0.4 is 11.1 Å². The average molecular weight is 400 g/mol. The molecule has 2 aromatic carbocycles. The third kappa shape index (κ3) is 2.97. The van der Waals surface area contributed by atoms with Gasteiger partial charge in [-0.25, -0.2) is 8.78 Å². The van der Waals surface area contributed by atoms with Crippen molar-refractivity contribution in [3.8, 4) is 0 Å². The summed E-state index contributed by atoms with van der Waals surface area (Å²) in [4.78, 5) is 0.768. The molecule has 3 aromatic rings. The van der Waals surface area contributed by atoms with Gasteiger partial charge in [0.25, 0.3) is 0 Å². The van der Waals surface area contributed by atoms with E-state index in [4.69, 9.17) is 10.5 Å². The number of thiophene rings is 1. The molecule has 1 fully saturated rings. The van der Waals surface area contributed by atoms with Crippen molar-refractivity contribution < 1.29 is 13.5 Å². The fourth-order valence-electron chi connectivity index (χ4n) is 3.97. The normalized spacial score (nSPS) is 23.5. The SMILES string of the molecule is CC1(C)COC(N)(c2cccs2)C(c2cccc(F)c2)(c2cccc(F)c2)N1. The van der Waals surface area contributed by atoms with Gasteiger partial charge in [0.15, 0.2) is 5.72 Å². The molecule has 0 bridgehead atoms. The lowest BCUT2D eigenvalue weighted by molar-refractivity contribution is -0.165. The van der Waals surface area contributed by atoms with Crippen molar-refractivity contribution in [2.45, 2.75) is 30.7 Å². The molecule has 0 saturated carbocycles. The standard InChI is InChI=1S/C22H22F2N2OS/c1-20(2)14-27-22(25,19-10-5-11-28-19)21(26-20,15-6-3-8-17(23)12-15)16-7-4-9-18(24)13-16/h3-13,26H,14,25H2,1-2H3. The molecule has 0 aliphatic carbocycles. The molecule has 6 heteroatoms. The van der Waals surface area contributed by atoms with Crippen LogP contribution in [-0.4, -0.2) is 12.1 Å². The van der Waals surface area contributed by atoms with Crippen LogP contribution in [0.25, 0.3) is 0 Å². The monoisotopic (exact) mass is 400 g/mol. The quantitative estimate of drug-likeness (QED) is 0.682. The number of ether oxygens (including phenoxy) is 1. The molecule has 1 aliphatic heterocycles. The molecule has 146 valence electrons. The molecule has 4 rings (SSSR count). The summed E-state index contributed by atoms with van der Waals surface area (Å²) in [5.41, 5.74) is 5.06. The fourth-order valence-corrected chi connectivity index (χ4v) is 4.82. The van der Waals surface area contributed by atoms with Gasteiger partial charge in [-0.1, -0.05) is 30.3 Å². The molecule has 0 radical (unpaired) electrons. The highest BCUT2D eigenvalue weighted by molar-refractivity contribution is 7.10. The molecular weight excluding hydrogens is 378 g/mol.